The van der Waals surface area contributed by atoms with Gasteiger partial charge in [-0.3, -0.25) is 0 Å². The molecule has 0 radical (unpaired) electrons. The molecule has 0 bridgehead atoms. The minimum Gasteiger partial charge on any atom is -0.353 e. The number of benzene rings is 1. The van der Waals surface area contributed by atoms with E-state index in [1.807, 2.05) is 12.4 Å². The molecular weight excluding hydrogens is 224 g/mol. The van der Waals surface area contributed by atoms with Crippen LogP contribution in [0.15, 0.2) is 36.7 Å². The van der Waals surface area contributed by atoms with Gasteiger partial charge < -0.3 is 11.1 Å². The van der Waals surface area contributed by atoms with Crippen LogP contribution >= 0.6 is 0 Å². The van der Waals surface area contributed by atoms with Gasteiger partial charge in [-0.25, -0.2) is 9.97 Å². The number of nitrogens with two attached hydrogens (primary N) is 1. The average Bonchev–Trinajstić information content (AvgIpc) is 2.41. The predicted molar refractivity (Wildman–Crippen MR) is 73.6 cm³/mol. The highest BCUT2D eigenvalue weighted by Crippen LogP contribution is 2.09. The van der Waals surface area contributed by atoms with Gasteiger partial charge in [-0.05, 0) is 18.1 Å². The van der Waals surface area contributed by atoms with E-state index in [0.717, 1.165) is 12.0 Å². The van der Waals surface area contributed by atoms with Crippen molar-refractivity contribution in [3.05, 3.63) is 53.3 Å². The first-order valence-electron chi connectivity index (χ1n) is 6.08. The molecule has 0 amide bonds. The third kappa shape index (κ3) is 3.53. The minimum atomic E-state index is 0.578. The molecule has 0 unspecified atom stereocenters. The standard InChI is InChI=1S/C14H18N4/c1-11-2-4-12(5-3-11)8-13-9-17-14(18-10-13)16-7-6-15/h2-5,9-10H,6-8,15H2,1H3,(H,16,17,18). The smallest absolute Gasteiger partial charge is 0.222 e. The number of nitrogens with one attached hydrogen (secondary N) is 1. The van der Waals surface area contributed by atoms with E-state index in [2.05, 4.69) is 46.5 Å². The normalized spacial score (nSPS) is 10.3. The lowest BCUT2D eigenvalue weighted by Gasteiger charge is -2.04. The van der Waals surface area contributed by atoms with Crippen LogP contribution < -0.4 is 11.1 Å². The van der Waals surface area contributed by atoms with E-state index in [0.29, 0.717) is 19.0 Å². The fraction of sp³-hybridized carbons (Fsp3) is 0.286. The van der Waals surface area contributed by atoms with E-state index >= 15 is 0 Å². The Bertz CT molecular complexity index is 476. The Balaban J connectivity index is 1.99. The fourth-order valence-corrected chi connectivity index (χ4v) is 1.66. The largest absolute Gasteiger partial charge is 0.353 e. The predicted octanol–water partition coefficient (Wildman–Crippen LogP) is 1.75. The molecule has 4 heteroatoms. The van der Waals surface area contributed by atoms with Crippen molar-refractivity contribution in [2.45, 2.75) is 13.3 Å². The molecule has 3 N–H and O–H groups in total. The summed E-state index contributed by atoms with van der Waals surface area (Å²) in [7, 11) is 0. The Hall–Kier alpha value is -1.94. The van der Waals surface area contributed by atoms with Crippen LogP contribution in [0.5, 0.6) is 0 Å². The van der Waals surface area contributed by atoms with Crippen LogP contribution in [-0.4, -0.2) is 23.1 Å². The first-order valence-corrected chi connectivity index (χ1v) is 6.08. The summed E-state index contributed by atoms with van der Waals surface area (Å²) < 4.78 is 0. The second-order valence-corrected chi connectivity index (χ2v) is 4.29. The fourth-order valence-electron chi connectivity index (χ4n) is 1.66. The number of hydrogen-bond acceptors (Lipinski definition) is 4. The lowest BCUT2D eigenvalue weighted by atomic mass is 10.1. The van der Waals surface area contributed by atoms with E-state index in [4.69, 9.17) is 5.73 Å². The molecule has 1 aromatic carbocycles. The lowest BCUT2D eigenvalue weighted by molar-refractivity contribution is 0.978. The highest BCUT2D eigenvalue weighted by Gasteiger charge is 1.99. The highest BCUT2D eigenvalue weighted by molar-refractivity contribution is 5.29. The molecule has 1 heterocycles. The summed E-state index contributed by atoms with van der Waals surface area (Å²) in [4.78, 5) is 8.50. The maximum atomic E-state index is 5.40. The third-order valence-electron chi connectivity index (χ3n) is 2.66. The summed E-state index contributed by atoms with van der Waals surface area (Å²) in [6, 6.07) is 8.51. The Morgan fingerprint density at radius 2 is 1.72 bits per heavy atom. The van der Waals surface area contributed by atoms with Crippen LogP contribution in [0.1, 0.15) is 16.7 Å². The second kappa shape index (κ2) is 6.12. The Kier molecular flexibility index (Phi) is 4.25. The molecule has 1 aromatic heterocycles. The van der Waals surface area contributed by atoms with Gasteiger partial charge in [0.1, 0.15) is 0 Å². The van der Waals surface area contributed by atoms with Crippen molar-refractivity contribution in [1.29, 1.82) is 0 Å². The van der Waals surface area contributed by atoms with E-state index in [1.54, 1.807) is 0 Å². The molecule has 0 spiro atoms. The van der Waals surface area contributed by atoms with Crippen molar-refractivity contribution < 1.29 is 0 Å². The number of nitrogens with zero attached hydrogens (tertiary/aromatic N) is 2. The van der Waals surface area contributed by atoms with Crippen molar-refractivity contribution in [3.8, 4) is 0 Å². The van der Waals surface area contributed by atoms with Crippen LogP contribution in [0.2, 0.25) is 0 Å². The minimum absolute atomic E-state index is 0.578. The lowest BCUT2D eigenvalue weighted by Crippen LogP contribution is -2.14. The van der Waals surface area contributed by atoms with Crippen molar-refractivity contribution in [3.63, 3.8) is 0 Å². The van der Waals surface area contributed by atoms with Crippen LogP contribution in [0, 0.1) is 6.92 Å². The third-order valence-corrected chi connectivity index (χ3v) is 2.66. The van der Waals surface area contributed by atoms with Crippen LogP contribution in [0.25, 0.3) is 0 Å². The molecular formula is C14H18N4. The molecule has 0 aliphatic heterocycles. The van der Waals surface area contributed by atoms with Gasteiger partial charge in [0.15, 0.2) is 0 Å². The topological polar surface area (TPSA) is 63.8 Å². The summed E-state index contributed by atoms with van der Waals surface area (Å²) >= 11 is 0. The molecule has 4 nitrogen and oxygen atoms in total. The molecule has 0 aliphatic rings. The van der Waals surface area contributed by atoms with Gasteiger partial charge in [-0.2, -0.15) is 0 Å². The monoisotopic (exact) mass is 242 g/mol. The van der Waals surface area contributed by atoms with Gasteiger partial charge in [-0.1, -0.05) is 29.8 Å². The Labute approximate surface area is 107 Å². The van der Waals surface area contributed by atoms with E-state index in [1.165, 1.54) is 11.1 Å². The van der Waals surface area contributed by atoms with Crippen molar-refractivity contribution in [1.82, 2.24) is 9.97 Å². The number of hydrogen-bond donors (Lipinski definition) is 2. The van der Waals surface area contributed by atoms with Gasteiger partial charge in [0.2, 0.25) is 5.95 Å². The molecule has 2 aromatic rings. The zero-order valence-electron chi connectivity index (χ0n) is 10.6. The van der Waals surface area contributed by atoms with Crippen molar-refractivity contribution in [2.24, 2.45) is 5.73 Å². The summed E-state index contributed by atoms with van der Waals surface area (Å²) in [5, 5.41) is 3.05. The molecule has 0 aliphatic carbocycles. The quantitative estimate of drug-likeness (QED) is 0.838. The van der Waals surface area contributed by atoms with Crippen LogP contribution in [0.4, 0.5) is 5.95 Å². The van der Waals surface area contributed by atoms with Crippen LogP contribution in [-0.2, 0) is 6.42 Å². The summed E-state index contributed by atoms with van der Waals surface area (Å²) in [6.45, 7) is 3.36. The Morgan fingerprint density at radius 3 is 2.33 bits per heavy atom. The molecule has 0 fully saturated rings. The zero-order valence-corrected chi connectivity index (χ0v) is 10.6. The maximum absolute atomic E-state index is 5.40. The molecule has 2 rings (SSSR count). The van der Waals surface area contributed by atoms with Gasteiger partial charge >= 0.3 is 0 Å². The first-order chi connectivity index (χ1) is 8.78. The average molecular weight is 242 g/mol. The molecule has 18 heavy (non-hydrogen) atoms. The summed E-state index contributed by atoms with van der Waals surface area (Å²) in [5.74, 6) is 0.633. The number of rotatable bonds is 5. The number of anilines is 1. The zero-order chi connectivity index (χ0) is 12.8. The molecule has 0 saturated heterocycles. The number of aryl methyl sites for hydroxylation is 1. The Morgan fingerprint density at radius 1 is 1.06 bits per heavy atom. The van der Waals surface area contributed by atoms with E-state index in [9.17, 15) is 0 Å². The van der Waals surface area contributed by atoms with Crippen LogP contribution in [0.3, 0.4) is 0 Å². The molecule has 0 atom stereocenters. The molecule has 94 valence electrons. The van der Waals surface area contributed by atoms with Crippen molar-refractivity contribution in [2.75, 3.05) is 18.4 Å². The summed E-state index contributed by atoms with van der Waals surface area (Å²) in [5.41, 5.74) is 9.06. The van der Waals surface area contributed by atoms with Gasteiger partial charge in [0.25, 0.3) is 0 Å². The highest BCUT2D eigenvalue weighted by atomic mass is 15.1. The molecule has 0 saturated carbocycles. The summed E-state index contributed by atoms with van der Waals surface area (Å²) in [6.07, 6.45) is 4.56. The van der Waals surface area contributed by atoms with Gasteiger partial charge in [0, 0.05) is 31.9 Å². The second-order valence-electron chi connectivity index (χ2n) is 4.29. The van der Waals surface area contributed by atoms with Crippen molar-refractivity contribution >= 4 is 5.95 Å². The number of aromatic nitrogens is 2. The first kappa shape index (κ1) is 12.5. The van der Waals surface area contributed by atoms with E-state index < -0.39 is 0 Å². The van der Waals surface area contributed by atoms with Gasteiger partial charge in [0.05, 0.1) is 0 Å². The van der Waals surface area contributed by atoms with E-state index in [-0.39, 0.29) is 0 Å². The van der Waals surface area contributed by atoms with Gasteiger partial charge in [-0.15, -0.1) is 0 Å². The maximum Gasteiger partial charge on any atom is 0.222 e. The SMILES string of the molecule is Cc1ccc(Cc2cnc(NCCN)nc2)cc1.